The number of hydrogen-bond donors (Lipinski definition) is 1. The van der Waals surface area contributed by atoms with Crippen LogP contribution in [0.25, 0.3) is 0 Å². The topological polar surface area (TPSA) is 103 Å². The molecule has 0 radical (unpaired) electrons. The third kappa shape index (κ3) is 5.68. The zero-order valence-corrected chi connectivity index (χ0v) is 20.6. The molecule has 1 N–H and O–H groups in total. The second-order valence-electron chi connectivity index (χ2n) is 7.67. The van der Waals surface area contributed by atoms with Gasteiger partial charge in [-0.25, -0.2) is 28.2 Å². The molecule has 0 unspecified atom stereocenters. The maximum Gasteiger partial charge on any atom is 0.284 e. The first-order chi connectivity index (χ1) is 15.0. The van der Waals surface area contributed by atoms with Crippen LogP contribution in [0.15, 0.2) is 59.5 Å². The first-order valence-electron chi connectivity index (χ1n) is 9.53. The number of aromatic nitrogens is 1. The molecule has 32 heavy (non-hydrogen) atoms. The number of carbonyl (C=O) groups excluding carboxylic acids is 1. The molecule has 7 nitrogen and oxygen atoms in total. The van der Waals surface area contributed by atoms with Crippen molar-refractivity contribution in [3.8, 4) is 6.07 Å². The molecule has 2 aromatic carbocycles. The van der Waals surface area contributed by atoms with E-state index < -0.39 is 26.0 Å². The van der Waals surface area contributed by atoms with Crippen molar-refractivity contribution >= 4 is 48.1 Å². The molecule has 10 heteroatoms. The largest absolute Gasteiger partial charge is 0.309 e. The molecular formula is C22H24N4O3S3. The molecule has 0 spiro atoms. The first-order valence-corrected chi connectivity index (χ1v) is 14.9. The average Bonchev–Trinajstić information content (AvgIpc) is 3.13. The lowest BCUT2D eigenvalue weighted by atomic mass is 10.2. The van der Waals surface area contributed by atoms with Gasteiger partial charge in [0.2, 0.25) is 10.0 Å². The van der Waals surface area contributed by atoms with Crippen LogP contribution in [0.4, 0.5) is 10.8 Å². The molecule has 0 atom stereocenters. The Morgan fingerprint density at radius 1 is 1.09 bits per heavy atom. The Kier molecular flexibility index (Phi) is 6.93. The molecule has 0 aliphatic rings. The molecule has 168 valence electrons. The number of aryl methyl sites for hydroxylation is 1. The summed E-state index contributed by atoms with van der Waals surface area (Å²) in [5.74, 6) is -0.120. The van der Waals surface area contributed by atoms with Crippen molar-refractivity contribution in [2.24, 2.45) is 0 Å². The molecule has 3 rings (SSSR count). The van der Waals surface area contributed by atoms with Crippen LogP contribution in [0, 0.1) is 18.3 Å². The highest BCUT2D eigenvalue weighted by Gasteiger charge is 2.26. The second kappa shape index (κ2) is 9.32. The van der Waals surface area contributed by atoms with Crippen LogP contribution < -0.4 is 9.62 Å². The van der Waals surface area contributed by atoms with Gasteiger partial charge in [0.1, 0.15) is 5.69 Å². The highest BCUT2D eigenvalue weighted by molar-refractivity contribution is 8.32. The van der Waals surface area contributed by atoms with Gasteiger partial charge in [0.15, 0.2) is 5.13 Å². The van der Waals surface area contributed by atoms with Gasteiger partial charge >= 0.3 is 0 Å². The minimum Gasteiger partial charge on any atom is -0.309 e. The van der Waals surface area contributed by atoms with Crippen LogP contribution >= 0.6 is 21.4 Å². The summed E-state index contributed by atoms with van der Waals surface area (Å²) in [5, 5.41) is 9.74. The standard InChI is InChI=1S/C22H24N4O3S3/c1-16-20(21(27)25-32(4,28)29)24-22(30-16)26(18-12-10-17(14-23)11-13-18)15-31(2,3)19-8-6-5-7-9-19/h5-13H,15H2,1-4H3,(H,25,27). The summed E-state index contributed by atoms with van der Waals surface area (Å²) in [6.07, 6.45) is 5.34. The Hall–Kier alpha value is -2.87. The third-order valence-electron chi connectivity index (χ3n) is 4.65. The van der Waals surface area contributed by atoms with Crippen LogP contribution in [-0.4, -0.2) is 44.0 Å². The smallest absolute Gasteiger partial charge is 0.284 e. The van der Waals surface area contributed by atoms with Gasteiger partial charge in [0.05, 0.1) is 23.8 Å². The van der Waals surface area contributed by atoms with E-state index in [9.17, 15) is 13.2 Å². The van der Waals surface area contributed by atoms with Gasteiger partial charge in [-0.15, -0.1) is 11.3 Å². The van der Waals surface area contributed by atoms with Crippen molar-refractivity contribution in [1.29, 1.82) is 5.26 Å². The van der Waals surface area contributed by atoms with Gasteiger partial charge in [-0.05, 0) is 48.6 Å². The summed E-state index contributed by atoms with van der Waals surface area (Å²) in [4.78, 5) is 20.8. The van der Waals surface area contributed by atoms with E-state index in [0.29, 0.717) is 21.4 Å². The van der Waals surface area contributed by atoms with Gasteiger partial charge in [-0.1, -0.05) is 30.3 Å². The van der Waals surface area contributed by atoms with Gasteiger partial charge in [-0.3, -0.25) is 4.79 Å². The lowest BCUT2D eigenvalue weighted by molar-refractivity contribution is 0.0977. The maximum absolute atomic E-state index is 12.4. The van der Waals surface area contributed by atoms with Crippen molar-refractivity contribution < 1.29 is 13.2 Å². The van der Waals surface area contributed by atoms with Crippen molar-refractivity contribution in [3.05, 3.63) is 70.7 Å². The summed E-state index contributed by atoms with van der Waals surface area (Å²) < 4.78 is 25.0. The number of nitriles is 1. The van der Waals surface area contributed by atoms with Crippen LogP contribution in [0.2, 0.25) is 0 Å². The molecule has 0 aliphatic heterocycles. The SMILES string of the molecule is Cc1sc(N(CS(C)(C)c2ccccc2)c2ccc(C#N)cc2)nc1C(=O)NS(C)(=O)=O. The molecule has 0 aliphatic carbocycles. The highest BCUT2D eigenvalue weighted by atomic mass is 32.3. The van der Waals surface area contributed by atoms with E-state index in [4.69, 9.17) is 5.26 Å². The lowest BCUT2D eigenvalue weighted by Gasteiger charge is -2.37. The number of nitrogens with zero attached hydrogens (tertiary/aromatic N) is 3. The molecule has 1 heterocycles. The number of benzene rings is 2. The number of rotatable bonds is 7. The number of carbonyl (C=O) groups is 1. The van der Waals surface area contributed by atoms with Gasteiger partial charge < -0.3 is 4.90 Å². The molecule has 0 saturated carbocycles. The van der Waals surface area contributed by atoms with E-state index in [1.807, 2.05) is 40.0 Å². The van der Waals surface area contributed by atoms with E-state index in [1.54, 1.807) is 19.1 Å². The third-order valence-corrected chi connectivity index (χ3v) is 8.65. The zero-order valence-electron chi connectivity index (χ0n) is 18.2. The van der Waals surface area contributed by atoms with Crippen LogP contribution in [0.5, 0.6) is 0 Å². The van der Waals surface area contributed by atoms with Crippen molar-refractivity contribution in [3.63, 3.8) is 0 Å². The zero-order chi connectivity index (χ0) is 23.5. The van der Waals surface area contributed by atoms with Gasteiger partial charge in [0.25, 0.3) is 5.91 Å². The van der Waals surface area contributed by atoms with E-state index >= 15 is 0 Å². The Labute approximate surface area is 194 Å². The van der Waals surface area contributed by atoms with Crippen LogP contribution in [0.1, 0.15) is 20.9 Å². The molecule has 1 aromatic heterocycles. The Bertz CT molecular complexity index is 1260. The number of sulfonamides is 1. The molecule has 0 saturated heterocycles. The van der Waals surface area contributed by atoms with Crippen molar-refractivity contribution in [1.82, 2.24) is 9.71 Å². The predicted molar refractivity (Wildman–Crippen MR) is 131 cm³/mol. The first kappa shape index (κ1) is 23.8. The summed E-state index contributed by atoms with van der Waals surface area (Å²) in [6.45, 7) is 1.74. The van der Waals surface area contributed by atoms with E-state index in [0.717, 1.165) is 11.9 Å². The normalized spacial score (nSPS) is 12.1. The summed E-state index contributed by atoms with van der Waals surface area (Å²) in [7, 11) is -4.99. The number of anilines is 2. The monoisotopic (exact) mass is 488 g/mol. The lowest BCUT2D eigenvalue weighted by Crippen LogP contribution is -2.30. The Morgan fingerprint density at radius 2 is 1.72 bits per heavy atom. The predicted octanol–water partition coefficient (Wildman–Crippen LogP) is 4.23. The van der Waals surface area contributed by atoms with Crippen LogP contribution in [-0.2, 0) is 10.0 Å². The second-order valence-corrected chi connectivity index (χ2v) is 14.4. The van der Waals surface area contributed by atoms with E-state index in [1.165, 1.54) is 16.2 Å². The quantitative estimate of drug-likeness (QED) is 0.534. The van der Waals surface area contributed by atoms with E-state index in [2.05, 4.69) is 35.7 Å². The fourth-order valence-corrected chi connectivity index (χ4v) is 6.47. The minimum absolute atomic E-state index is 0.0848. The van der Waals surface area contributed by atoms with Gasteiger partial charge in [0, 0.05) is 10.6 Å². The molecule has 1 amide bonds. The molecule has 0 fully saturated rings. The minimum atomic E-state index is -3.70. The highest BCUT2D eigenvalue weighted by Crippen LogP contribution is 2.51. The maximum atomic E-state index is 12.4. The molecule has 3 aromatic rings. The van der Waals surface area contributed by atoms with Crippen molar-refractivity contribution in [2.45, 2.75) is 11.8 Å². The average molecular weight is 489 g/mol. The fraction of sp³-hybridized carbons (Fsp3) is 0.227. The van der Waals surface area contributed by atoms with Gasteiger partial charge in [-0.2, -0.15) is 5.26 Å². The summed E-state index contributed by atoms with van der Waals surface area (Å²) in [6, 6.07) is 19.5. The van der Waals surface area contributed by atoms with Crippen molar-refractivity contribution in [2.75, 3.05) is 29.5 Å². The Balaban J connectivity index is 2.04. The Morgan fingerprint density at radius 3 is 2.28 bits per heavy atom. The molecular weight excluding hydrogens is 464 g/mol. The van der Waals surface area contributed by atoms with E-state index in [-0.39, 0.29) is 5.69 Å². The molecule has 0 bridgehead atoms. The number of hydrogen-bond acceptors (Lipinski definition) is 7. The number of thiazole rings is 1. The number of amides is 1. The fourth-order valence-electron chi connectivity index (χ4n) is 3.07. The summed E-state index contributed by atoms with van der Waals surface area (Å²) >= 11 is 1.32. The number of nitrogens with one attached hydrogen (secondary N) is 1. The summed E-state index contributed by atoms with van der Waals surface area (Å²) in [5.41, 5.74) is 1.47. The van der Waals surface area contributed by atoms with Crippen LogP contribution in [0.3, 0.4) is 0 Å².